The highest BCUT2D eigenvalue weighted by Gasteiger charge is 2.23. The molecule has 1 aromatic heterocycles. The van der Waals surface area contributed by atoms with Gasteiger partial charge in [0.1, 0.15) is 10.7 Å². The molecule has 114 valence electrons. The van der Waals surface area contributed by atoms with Gasteiger partial charge in [-0.1, -0.05) is 0 Å². The molecule has 0 radical (unpaired) electrons. The molecule has 0 saturated carbocycles. The molecule has 0 aliphatic rings. The largest absolute Gasteiger partial charge is 0.399 e. The second-order valence-corrected chi connectivity index (χ2v) is 8.00. The number of hydrogen-bond acceptors (Lipinski definition) is 4. The van der Waals surface area contributed by atoms with E-state index >= 15 is 0 Å². The van der Waals surface area contributed by atoms with E-state index in [9.17, 15) is 8.42 Å². The number of nitrogens with one attached hydrogen (secondary N) is 1. The molecule has 0 atom stereocenters. The van der Waals surface area contributed by atoms with E-state index in [0.717, 1.165) is 0 Å². The quantitative estimate of drug-likeness (QED) is 0.717. The Morgan fingerprint density at radius 2 is 1.86 bits per heavy atom. The lowest BCUT2D eigenvalue weighted by molar-refractivity contribution is 0.539. The number of halogens is 2. The van der Waals surface area contributed by atoms with Crippen LogP contribution in [0.2, 0.25) is 0 Å². The monoisotopic (exact) mass is 436 g/mol. The fourth-order valence-electron chi connectivity index (χ4n) is 1.83. The minimum Gasteiger partial charge on any atom is -0.399 e. The number of benzene rings is 1. The molecule has 0 aliphatic carbocycles. The number of sulfonamides is 1. The standard InChI is InChI=1S/C12H14Br2N4O2S/c1-7(2)18-11(3-4-16-18)17-21(19,20)12-9(13)5-8(15)6-10(12)14/h3-7,17H,15H2,1-2H3. The number of aromatic nitrogens is 2. The van der Waals surface area contributed by atoms with Gasteiger partial charge in [-0.15, -0.1) is 0 Å². The van der Waals surface area contributed by atoms with Gasteiger partial charge < -0.3 is 5.73 Å². The van der Waals surface area contributed by atoms with Gasteiger partial charge in [0.05, 0.1) is 6.20 Å². The second-order valence-electron chi connectivity index (χ2n) is 4.67. The van der Waals surface area contributed by atoms with E-state index in [2.05, 4.69) is 41.7 Å². The Balaban J connectivity index is 2.47. The van der Waals surface area contributed by atoms with Gasteiger partial charge in [0, 0.05) is 26.7 Å². The van der Waals surface area contributed by atoms with Crippen molar-refractivity contribution in [1.29, 1.82) is 0 Å². The minimum absolute atomic E-state index is 0.0380. The first-order valence-electron chi connectivity index (χ1n) is 6.03. The predicted octanol–water partition coefficient (Wildman–Crippen LogP) is 3.37. The molecule has 0 saturated heterocycles. The third kappa shape index (κ3) is 3.41. The Hall–Kier alpha value is -1.06. The van der Waals surface area contributed by atoms with Crippen molar-refractivity contribution in [3.05, 3.63) is 33.3 Å². The summed E-state index contributed by atoms with van der Waals surface area (Å²) in [7, 11) is -3.78. The van der Waals surface area contributed by atoms with Gasteiger partial charge in [0.15, 0.2) is 0 Å². The van der Waals surface area contributed by atoms with E-state index in [-0.39, 0.29) is 10.9 Å². The molecule has 21 heavy (non-hydrogen) atoms. The molecule has 9 heteroatoms. The molecule has 0 bridgehead atoms. The van der Waals surface area contributed by atoms with E-state index in [0.29, 0.717) is 20.5 Å². The molecule has 0 aliphatic heterocycles. The highest BCUT2D eigenvalue weighted by Crippen LogP contribution is 2.33. The number of hydrogen-bond donors (Lipinski definition) is 2. The zero-order chi connectivity index (χ0) is 15.8. The van der Waals surface area contributed by atoms with E-state index in [1.165, 1.54) is 0 Å². The molecular formula is C12H14Br2N4O2S. The van der Waals surface area contributed by atoms with Crippen LogP contribution < -0.4 is 10.5 Å². The van der Waals surface area contributed by atoms with Crippen molar-refractivity contribution in [2.45, 2.75) is 24.8 Å². The highest BCUT2D eigenvalue weighted by molar-refractivity contribution is 9.11. The predicted molar refractivity (Wildman–Crippen MR) is 89.7 cm³/mol. The fraction of sp³-hybridized carbons (Fsp3) is 0.250. The number of nitrogens with zero attached hydrogens (tertiary/aromatic N) is 2. The average molecular weight is 438 g/mol. The summed E-state index contributed by atoms with van der Waals surface area (Å²) in [5.41, 5.74) is 6.14. The molecule has 1 heterocycles. The van der Waals surface area contributed by atoms with Crippen LogP contribution in [0.5, 0.6) is 0 Å². The molecule has 0 unspecified atom stereocenters. The maximum absolute atomic E-state index is 12.6. The fourth-order valence-corrected chi connectivity index (χ4v) is 5.50. The van der Waals surface area contributed by atoms with Crippen LogP contribution in [0.4, 0.5) is 11.5 Å². The zero-order valence-electron chi connectivity index (χ0n) is 11.3. The van der Waals surface area contributed by atoms with Crippen LogP contribution >= 0.6 is 31.9 Å². The molecule has 3 N–H and O–H groups in total. The summed E-state index contributed by atoms with van der Waals surface area (Å²) in [5, 5.41) is 4.10. The van der Waals surface area contributed by atoms with Gasteiger partial charge in [-0.25, -0.2) is 13.1 Å². The summed E-state index contributed by atoms with van der Waals surface area (Å²) < 4.78 is 30.1. The number of rotatable bonds is 4. The van der Waals surface area contributed by atoms with Crippen molar-refractivity contribution in [2.24, 2.45) is 0 Å². The van der Waals surface area contributed by atoms with Crippen LogP contribution in [0, 0.1) is 0 Å². The van der Waals surface area contributed by atoms with Crippen molar-refractivity contribution in [3.63, 3.8) is 0 Å². The first-order valence-corrected chi connectivity index (χ1v) is 9.10. The Labute approximate surface area is 140 Å². The molecule has 2 aromatic rings. The van der Waals surface area contributed by atoms with Crippen molar-refractivity contribution in [3.8, 4) is 0 Å². The van der Waals surface area contributed by atoms with Gasteiger partial charge in [-0.05, 0) is 57.8 Å². The molecule has 0 amide bonds. The van der Waals surface area contributed by atoms with Gasteiger partial charge in [0.25, 0.3) is 10.0 Å². The van der Waals surface area contributed by atoms with Gasteiger partial charge in [-0.3, -0.25) is 4.72 Å². The Kier molecular flexibility index (Phi) is 4.64. The molecule has 0 fully saturated rings. The lowest BCUT2D eigenvalue weighted by Gasteiger charge is -2.15. The minimum atomic E-state index is -3.78. The van der Waals surface area contributed by atoms with Gasteiger partial charge >= 0.3 is 0 Å². The first-order chi connectivity index (χ1) is 9.72. The van der Waals surface area contributed by atoms with E-state index in [4.69, 9.17) is 5.73 Å². The van der Waals surface area contributed by atoms with Crippen molar-refractivity contribution in [1.82, 2.24) is 9.78 Å². The first kappa shape index (κ1) is 16.3. The molecule has 6 nitrogen and oxygen atoms in total. The Bertz CT molecular complexity index is 748. The SMILES string of the molecule is CC(C)n1nccc1NS(=O)(=O)c1c(Br)cc(N)cc1Br. The van der Waals surface area contributed by atoms with Crippen molar-refractivity contribution in [2.75, 3.05) is 10.5 Å². The third-order valence-electron chi connectivity index (χ3n) is 2.69. The maximum Gasteiger partial charge on any atom is 0.265 e. The molecule has 2 rings (SSSR count). The summed E-state index contributed by atoms with van der Waals surface area (Å²) >= 11 is 6.47. The van der Waals surface area contributed by atoms with E-state index < -0.39 is 10.0 Å². The van der Waals surface area contributed by atoms with Crippen LogP contribution in [0.1, 0.15) is 19.9 Å². The summed E-state index contributed by atoms with van der Waals surface area (Å²) in [4.78, 5) is 0.0909. The Morgan fingerprint density at radius 1 is 1.29 bits per heavy atom. The number of nitrogen functional groups attached to an aromatic ring is 1. The summed E-state index contributed by atoms with van der Waals surface area (Å²) in [6.07, 6.45) is 1.55. The third-order valence-corrected chi connectivity index (χ3v) is 5.92. The lowest BCUT2D eigenvalue weighted by Crippen LogP contribution is -2.18. The summed E-state index contributed by atoms with van der Waals surface area (Å²) in [6.45, 7) is 3.83. The van der Waals surface area contributed by atoms with Crippen LogP contribution in [0.25, 0.3) is 0 Å². The number of nitrogens with two attached hydrogens (primary N) is 1. The molecule has 1 aromatic carbocycles. The van der Waals surface area contributed by atoms with E-state index in [1.54, 1.807) is 29.1 Å². The van der Waals surface area contributed by atoms with Crippen molar-refractivity contribution >= 4 is 53.4 Å². The second kappa shape index (κ2) is 5.98. The van der Waals surface area contributed by atoms with E-state index in [1.807, 2.05) is 13.8 Å². The van der Waals surface area contributed by atoms with Crippen molar-refractivity contribution < 1.29 is 8.42 Å². The van der Waals surface area contributed by atoms with Gasteiger partial charge in [-0.2, -0.15) is 5.10 Å². The van der Waals surface area contributed by atoms with Crippen LogP contribution in [0.3, 0.4) is 0 Å². The maximum atomic E-state index is 12.6. The normalized spacial score (nSPS) is 11.9. The zero-order valence-corrected chi connectivity index (χ0v) is 15.3. The smallest absolute Gasteiger partial charge is 0.265 e. The highest BCUT2D eigenvalue weighted by atomic mass is 79.9. The lowest BCUT2D eigenvalue weighted by atomic mass is 10.3. The molecule has 0 spiro atoms. The van der Waals surface area contributed by atoms with Crippen LogP contribution in [-0.2, 0) is 10.0 Å². The van der Waals surface area contributed by atoms with Crippen LogP contribution in [0.15, 0.2) is 38.2 Å². The van der Waals surface area contributed by atoms with Gasteiger partial charge in [0.2, 0.25) is 0 Å². The summed E-state index contributed by atoms with van der Waals surface area (Å²) in [5.74, 6) is 0.403. The topological polar surface area (TPSA) is 90.0 Å². The molecular weight excluding hydrogens is 424 g/mol. The van der Waals surface area contributed by atoms with Crippen LogP contribution in [-0.4, -0.2) is 18.2 Å². The number of anilines is 2. The summed E-state index contributed by atoms with van der Waals surface area (Å²) in [6, 6.07) is 4.73. The Morgan fingerprint density at radius 3 is 2.38 bits per heavy atom. The average Bonchev–Trinajstić information content (AvgIpc) is 2.73.